The van der Waals surface area contributed by atoms with Crippen LogP contribution in [-0.2, 0) is 27.8 Å². The number of rotatable bonds is 10. The highest BCUT2D eigenvalue weighted by atomic mass is 32.2. The summed E-state index contributed by atoms with van der Waals surface area (Å²) >= 11 is 0. The summed E-state index contributed by atoms with van der Waals surface area (Å²) in [5.74, 6) is 0.323. The maximum absolute atomic E-state index is 13.0. The molecule has 0 fully saturated rings. The third-order valence-corrected chi connectivity index (χ3v) is 5.91. The van der Waals surface area contributed by atoms with E-state index < -0.39 is 10.0 Å². The van der Waals surface area contributed by atoms with Crippen LogP contribution in [0.25, 0.3) is 0 Å². The quantitative estimate of drug-likeness (QED) is 0.536. The first-order chi connectivity index (χ1) is 14.5. The van der Waals surface area contributed by atoms with Crippen molar-refractivity contribution < 1.29 is 22.4 Å². The molecule has 0 unspecified atom stereocenters. The molecule has 8 heteroatoms. The molecule has 1 aromatic heterocycles. The monoisotopic (exact) mass is 428 g/mol. The summed E-state index contributed by atoms with van der Waals surface area (Å²) in [6.45, 7) is 1.32. The van der Waals surface area contributed by atoms with Gasteiger partial charge in [-0.3, -0.25) is 4.79 Å². The molecule has 30 heavy (non-hydrogen) atoms. The number of hydrogen-bond donors (Lipinski definition) is 1. The van der Waals surface area contributed by atoms with Crippen molar-refractivity contribution in [3.8, 4) is 0 Å². The largest absolute Gasteiger partial charge is 0.468 e. The predicted molar refractivity (Wildman–Crippen MR) is 112 cm³/mol. The summed E-state index contributed by atoms with van der Waals surface area (Å²) in [6.07, 6.45) is 1.48. The topological polar surface area (TPSA) is 88.8 Å². The molecule has 158 valence electrons. The molecule has 3 aromatic rings. The van der Waals surface area contributed by atoms with E-state index >= 15 is 0 Å². The van der Waals surface area contributed by atoms with Crippen molar-refractivity contribution in [3.63, 3.8) is 0 Å². The Kier molecular flexibility index (Phi) is 7.40. The van der Waals surface area contributed by atoms with Crippen LogP contribution >= 0.6 is 0 Å². The smallest absolute Gasteiger partial charge is 0.254 e. The van der Waals surface area contributed by atoms with E-state index in [0.717, 1.165) is 5.56 Å². The summed E-state index contributed by atoms with van der Waals surface area (Å²) in [5, 5.41) is 0. The number of ether oxygens (including phenoxy) is 1. The van der Waals surface area contributed by atoms with Gasteiger partial charge in [-0.15, -0.1) is 0 Å². The molecule has 7 nitrogen and oxygen atoms in total. The van der Waals surface area contributed by atoms with Crippen molar-refractivity contribution in [3.05, 3.63) is 89.9 Å². The number of hydrogen-bond acceptors (Lipinski definition) is 5. The number of amides is 1. The fourth-order valence-electron chi connectivity index (χ4n) is 2.88. The number of nitrogens with zero attached hydrogens (tertiary/aromatic N) is 1. The average Bonchev–Trinajstić information content (AvgIpc) is 3.29. The van der Waals surface area contributed by atoms with Crippen LogP contribution in [0.15, 0.2) is 82.3 Å². The zero-order valence-electron chi connectivity index (χ0n) is 16.7. The Morgan fingerprint density at radius 3 is 2.40 bits per heavy atom. The molecule has 0 aliphatic carbocycles. The second-order valence-electron chi connectivity index (χ2n) is 6.63. The normalized spacial score (nSPS) is 11.4. The molecule has 3 rings (SSSR count). The van der Waals surface area contributed by atoms with Gasteiger partial charge < -0.3 is 14.1 Å². The molecule has 0 bridgehead atoms. The van der Waals surface area contributed by atoms with Crippen molar-refractivity contribution >= 4 is 15.9 Å². The van der Waals surface area contributed by atoms with Crippen molar-refractivity contribution in [2.75, 3.05) is 20.3 Å². The Morgan fingerprint density at radius 2 is 1.77 bits per heavy atom. The van der Waals surface area contributed by atoms with Crippen molar-refractivity contribution in [1.82, 2.24) is 9.62 Å². The lowest BCUT2D eigenvalue weighted by Gasteiger charge is -2.23. The molecule has 0 atom stereocenters. The highest BCUT2D eigenvalue weighted by Gasteiger charge is 2.19. The summed E-state index contributed by atoms with van der Waals surface area (Å²) in [7, 11) is -2.13. The maximum atomic E-state index is 13.0. The number of benzene rings is 2. The summed E-state index contributed by atoms with van der Waals surface area (Å²) < 4.78 is 37.7. The van der Waals surface area contributed by atoms with Gasteiger partial charge in [0.05, 0.1) is 24.3 Å². The zero-order chi connectivity index (χ0) is 21.4. The second-order valence-corrected chi connectivity index (χ2v) is 8.40. The average molecular weight is 429 g/mol. The van der Waals surface area contributed by atoms with Crippen LogP contribution in [0.3, 0.4) is 0 Å². The van der Waals surface area contributed by atoms with Gasteiger partial charge in [0.25, 0.3) is 5.91 Å². The minimum atomic E-state index is -3.72. The maximum Gasteiger partial charge on any atom is 0.254 e. The molecule has 1 amide bonds. The van der Waals surface area contributed by atoms with E-state index in [1.807, 2.05) is 30.3 Å². The van der Waals surface area contributed by atoms with Crippen LogP contribution in [0.4, 0.5) is 0 Å². The number of furan rings is 1. The lowest BCUT2D eigenvalue weighted by atomic mass is 10.1. The van der Waals surface area contributed by atoms with Gasteiger partial charge in [-0.1, -0.05) is 30.3 Å². The van der Waals surface area contributed by atoms with Gasteiger partial charge in [-0.05, 0) is 42.0 Å². The number of nitrogens with one attached hydrogen (secondary N) is 1. The Balaban J connectivity index is 1.71. The minimum absolute atomic E-state index is 0.0535. The Hall–Kier alpha value is -2.94. The molecule has 1 N–H and O–H groups in total. The second kappa shape index (κ2) is 10.2. The zero-order valence-corrected chi connectivity index (χ0v) is 17.5. The van der Waals surface area contributed by atoms with Gasteiger partial charge in [0.1, 0.15) is 5.76 Å². The molecule has 0 radical (unpaired) electrons. The van der Waals surface area contributed by atoms with Crippen molar-refractivity contribution in [1.29, 1.82) is 0 Å². The summed E-state index contributed by atoms with van der Waals surface area (Å²) in [6, 6.07) is 18.9. The van der Waals surface area contributed by atoms with Crippen LogP contribution in [0.1, 0.15) is 21.7 Å². The Labute approximate surface area is 176 Å². The van der Waals surface area contributed by atoms with Crippen LogP contribution in [0.2, 0.25) is 0 Å². The van der Waals surface area contributed by atoms with E-state index in [9.17, 15) is 13.2 Å². The predicted octanol–water partition coefficient (Wildman–Crippen LogP) is 3.05. The molecular weight excluding hydrogens is 404 g/mol. The van der Waals surface area contributed by atoms with Crippen LogP contribution < -0.4 is 4.72 Å². The minimum Gasteiger partial charge on any atom is -0.468 e. The fourth-order valence-corrected chi connectivity index (χ4v) is 3.87. The highest BCUT2D eigenvalue weighted by Crippen LogP contribution is 2.15. The first-order valence-corrected chi connectivity index (χ1v) is 10.9. The van der Waals surface area contributed by atoms with Gasteiger partial charge >= 0.3 is 0 Å². The van der Waals surface area contributed by atoms with Crippen molar-refractivity contribution in [2.45, 2.75) is 18.0 Å². The van der Waals surface area contributed by atoms with Crippen LogP contribution in [-0.4, -0.2) is 39.5 Å². The Morgan fingerprint density at radius 1 is 1.03 bits per heavy atom. The SMILES string of the molecule is COCCN(Cc1ccccc1)C(=O)c1ccc(S(=O)(=O)NCc2ccco2)cc1. The number of methoxy groups -OCH3 is 1. The molecular formula is C22H24N2O5S. The standard InChI is InChI=1S/C22H24N2O5S/c1-28-15-13-24(17-18-6-3-2-4-7-18)22(25)19-9-11-21(12-10-19)30(26,27)23-16-20-8-5-14-29-20/h2-12,14,23H,13,15-17H2,1H3. The van der Waals surface area contributed by atoms with Gasteiger partial charge in [0.15, 0.2) is 0 Å². The van der Waals surface area contributed by atoms with Gasteiger partial charge in [0.2, 0.25) is 10.0 Å². The lowest BCUT2D eigenvalue weighted by Crippen LogP contribution is -2.33. The number of carbonyl (C=O) groups excluding carboxylic acids is 1. The summed E-state index contributed by atoms with van der Waals surface area (Å²) in [5.41, 5.74) is 1.41. The molecule has 0 aliphatic heterocycles. The summed E-state index contributed by atoms with van der Waals surface area (Å²) in [4.78, 5) is 14.7. The molecule has 2 aromatic carbocycles. The third kappa shape index (κ3) is 5.79. The van der Waals surface area contributed by atoms with Crippen LogP contribution in [0, 0.1) is 0 Å². The van der Waals surface area contributed by atoms with E-state index in [4.69, 9.17) is 9.15 Å². The lowest BCUT2D eigenvalue weighted by molar-refractivity contribution is 0.0680. The van der Waals surface area contributed by atoms with Gasteiger partial charge in [-0.2, -0.15) is 0 Å². The van der Waals surface area contributed by atoms with E-state index in [1.165, 1.54) is 30.5 Å². The molecule has 0 saturated carbocycles. The molecule has 0 aliphatic rings. The van der Waals surface area contributed by atoms with E-state index in [1.54, 1.807) is 24.1 Å². The number of carbonyl (C=O) groups is 1. The Bertz CT molecular complexity index is 1030. The first kappa shape index (κ1) is 21.8. The van der Waals surface area contributed by atoms with E-state index in [2.05, 4.69) is 4.72 Å². The van der Waals surface area contributed by atoms with Gasteiger partial charge in [-0.25, -0.2) is 13.1 Å². The molecule has 0 saturated heterocycles. The van der Waals surface area contributed by atoms with E-state index in [-0.39, 0.29) is 17.3 Å². The fraction of sp³-hybridized carbons (Fsp3) is 0.227. The van der Waals surface area contributed by atoms with Crippen LogP contribution in [0.5, 0.6) is 0 Å². The first-order valence-electron chi connectivity index (χ1n) is 9.44. The third-order valence-electron chi connectivity index (χ3n) is 4.50. The highest BCUT2D eigenvalue weighted by molar-refractivity contribution is 7.89. The van der Waals surface area contributed by atoms with Gasteiger partial charge in [0, 0.05) is 25.8 Å². The van der Waals surface area contributed by atoms with Crippen molar-refractivity contribution in [2.24, 2.45) is 0 Å². The van der Waals surface area contributed by atoms with E-state index in [0.29, 0.717) is 31.0 Å². The molecule has 0 spiro atoms. The number of sulfonamides is 1. The molecule has 1 heterocycles.